The van der Waals surface area contributed by atoms with Gasteiger partial charge in [0, 0.05) is 17.1 Å². The minimum absolute atomic E-state index is 0.0462. The van der Waals surface area contributed by atoms with Gasteiger partial charge in [0.1, 0.15) is 5.75 Å². The SMILES string of the molecule is O=CN[C@H]1CCCN2c3cc(Cl)ccc3Oc3ccccc3[C@@H]12. The van der Waals surface area contributed by atoms with Crippen molar-refractivity contribution < 1.29 is 9.53 Å². The minimum Gasteiger partial charge on any atom is -0.455 e. The molecule has 1 fully saturated rings. The van der Waals surface area contributed by atoms with E-state index in [2.05, 4.69) is 16.3 Å². The quantitative estimate of drug-likeness (QED) is 0.850. The van der Waals surface area contributed by atoms with Crippen molar-refractivity contribution in [1.29, 1.82) is 0 Å². The molecule has 0 aromatic heterocycles. The molecule has 2 aromatic carbocycles. The van der Waals surface area contributed by atoms with E-state index < -0.39 is 0 Å². The summed E-state index contributed by atoms with van der Waals surface area (Å²) in [6, 6.07) is 13.8. The van der Waals surface area contributed by atoms with E-state index in [1.165, 1.54) is 0 Å². The van der Waals surface area contributed by atoms with Crippen LogP contribution in [0.4, 0.5) is 5.69 Å². The van der Waals surface area contributed by atoms with Crippen molar-refractivity contribution >= 4 is 23.7 Å². The summed E-state index contributed by atoms with van der Waals surface area (Å²) in [5, 5.41) is 3.67. The summed E-state index contributed by atoms with van der Waals surface area (Å²) in [5.41, 5.74) is 2.08. The smallest absolute Gasteiger partial charge is 0.207 e. The zero-order valence-corrected chi connectivity index (χ0v) is 13.3. The number of para-hydroxylation sites is 1. The largest absolute Gasteiger partial charge is 0.455 e. The van der Waals surface area contributed by atoms with Crippen LogP contribution in [0.1, 0.15) is 24.4 Å². The van der Waals surface area contributed by atoms with E-state index >= 15 is 0 Å². The summed E-state index contributed by atoms with van der Waals surface area (Å²) in [4.78, 5) is 13.4. The Balaban J connectivity index is 1.91. The molecule has 0 spiro atoms. The maximum Gasteiger partial charge on any atom is 0.207 e. The van der Waals surface area contributed by atoms with Gasteiger partial charge in [0.2, 0.25) is 6.41 Å². The fourth-order valence-corrected chi connectivity index (χ4v) is 3.82. The van der Waals surface area contributed by atoms with Crippen LogP contribution < -0.4 is 15.0 Å². The molecule has 2 atom stereocenters. The Bertz CT molecular complexity index is 750. The molecule has 0 aliphatic carbocycles. The summed E-state index contributed by atoms with van der Waals surface area (Å²) in [5.74, 6) is 1.64. The standard InChI is InChI=1S/C18H17ClN2O2/c19-12-7-8-17-15(10-12)21-9-3-5-14(20-11-22)18(21)13-4-1-2-6-16(13)23-17/h1-2,4,6-8,10-11,14,18H,3,5,9H2,(H,20,22)/t14-,18-/m0/s1. The van der Waals surface area contributed by atoms with Gasteiger partial charge in [-0.2, -0.15) is 0 Å². The van der Waals surface area contributed by atoms with Crippen molar-refractivity contribution in [3.8, 4) is 11.5 Å². The first-order chi connectivity index (χ1) is 11.3. The van der Waals surface area contributed by atoms with Gasteiger partial charge in [-0.1, -0.05) is 29.8 Å². The normalized spacial score (nSPS) is 22.0. The average Bonchev–Trinajstić information content (AvgIpc) is 2.70. The lowest BCUT2D eigenvalue weighted by Gasteiger charge is -2.42. The number of carbonyl (C=O) groups is 1. The molecule has 0 radical (unpaired) electrons. The zero-order valence-electron chi connectivity index (χ0n) is 12.5. The number of benzene rings is 2. The van der Waals surface area contributed by atoms with Gasteiger partial charge in [0.05, 0.1) is 17.8 Å². The van der Waals surface area contributed by atoms with Crippen LogP contribution in [-0.4, -0.2) is 19.0 Å². The lowest BCUT2D eigenvalue weighted by atomic mass is 9.89. The Labute approximate surface area is 140 Å². The number of ether oxygens (including phenoxy) is 1. The molecule has 0 saturated carbocycles. The fraction of sp³-hybridized carbons (Fsp3) is 0.278. The molecule has 1 N–H and O–H groups in total. The molecule has 2 aliphatic heterocycles. The molecule has 4 nitrogen and oxygen atoms in total. The molecule has 118 valence electrons. The first kappa shape index (κ1) is 14.4. The Hall–Kier alpha value is -2.20. The highest BCUT2D eigenvalue weighted by Gasteiger charge is 2.37. The van der Waals surface area contributed by atoms with Crippen molar-refractivity contribution in [1.82, 2.24) is 5.32 Å². The number of rotatable bonds is 2. The molecule has 2 aromatic rings. The maximum absolute atomic E-state index is 11.1. The number of amides is 1. The van der Waals surface area contributed by atoms with E-state index in [1.54, 1.807) is 0 Å². The third-order valence-corrected chi connectivity index (χ3v) is 4.84. The second-order valence-electron chi connectivity index (χ2n) is 5.92. The zero-order chi connectivity index (χ0) is 15.8. The van der Waals surface area contributed by atoms with Crippen LogP contribution in [-0.2, 0) is 4.79 Å². The van der Waals surface area contributed by atoms with E-state index in [0.717, 1.165) is 48.5 Å². The number of halogens is 1. The molecule has 0 unspecified atom stereocenters. The highest BCUT2D eigenvalue weighted by Crippen LogP contribution is 2.48. The second-order valence-corrected chi connectivity index (χ2v) is 6.36. The molecule has 4 rings (SSSR count). The number of anilines is 1. The number of nitrogens with zero attached hydrogens (tertiary/aromatic N) is 1. The van der Waals surface area contributed by atoms with Gasteiger partial charge >= 0.3 is 0 Å². The fourth-order valence-electron chi connectivity index (χ4n) is 3.65. The Morgan fingerprint density at radius 1 is 1.22 bits per heavy atom. The summed E-state index contributed by atoms with van der Waals surface area (Å²) in [7, 11) is 0. The van der Waals surface area contributed by atoms with Gasteiger partial charge in [-0.3, -0.25) is 4.79 Å². The van der Waals surface area contributed by atoms with E-state index in [9.17, 15) is 4.79 Å². The van der Waals surface area contributed by atoms with E-state index in [1.807, 2.05) is 36.4 Å². The van der Waals surface area contributed by atoms with Crippen molar-refractivity contribution in [2.24, 2.45) is 0 Å². The van der Waals surface area contributed by atoms with Gasteiger partial charge in [0.15, 0.2) is 5.75 Å². The average molecular weight is 329 g/mol. The van der Waals surface area contributed by atoms with E-state index in [4.69, 9.17) is 16.3 Å². The third kappa shape index (κ3) is 2.43. The van der Waals surface area contributed by atoms with Gasteiger partial charge in [-0.05, 0) is 37.1 Å². The van der Waals surface area contributed by atoms with Crippen LogP contribution in [0.5, 0.6) is 11.5 Å². The number of nitrogens with one attached hydrogen (secondary N) is 1. The van der Waals surface area contributed by atoms with Crippen molar-refractivity contribution in [3.05, 3.63) is 53.1 Å². The van der Waals surface area contributed by atoms with Gasteiger partial charge < -0.3 is 15.0 Å². The minimum atomic E-state index is 0.0462. The number of hydrogen-bond acceptors (Lipinski definition) is 3. The summed E-state index contributed by atoms with van der Waals surface area (Å²) in [6.07, 6.45) is 2.75. The number of carbonyl (C=O) groups excluding carboxylic acids is 1. The van der Waals surface area contributed by atoms with Crippen LogP contribution in [0.15, 0.2) is 42.5 Å². The molecule has 1 saturated heterocycles. The highest BCUT2D eigenvalue weighted by atomic mass is 35.5. The Morgan fingerprint density at radius 3 is 2.96 bits per heavy atom. The lowest BCUT2D eigenvalue weighted by molar-refractivity contribution is -0.110. The van der Waals surface area contributed by atoms with Gasteiger partial charge in [-0.15, -0.1) is 0 Å². The van der Waals surface area contributed by atoms with Crippen LogP contribution >= 0.6 is 11.6 Å². The monoisotopic (exact) mass is 328 g/mol. The number of hydrogen-bond donors (Lipinski definition) is 1. The first-order valence-electron chi connectivity index (χ1n) is 7.80. The van der Waals surface area contributed by atoms with Gasteiger partial charge in [-0.25, -0.2) is 0 Å². The predicted molar refractivity (Wildman–Crippen MR) is 90.3 cm³/mol. The first-order valence-corrected chi connectivity index (χ1v) is 8.18. The van der Waals surface area contributed by atoms with Crippen LogP contribution in [0.25, 0.3) is 0 Å². The third-order valence-electron chi connectivity index (χ3n) is 4.60. The molecular formula is C18H17ClN2O2. The molecule has 23 heavy (non-hydrogen) atoms. The summed E-state index contributed by atoms with van der Waals surface area (Å²) >= 11 is 6.22. The molecule has 0 bridgehead atoms. The topological polar surface area (TPSA) is 41.6 Å². The van der Waals surface area contributed by atoms with Crippen molar-refractivity contribution in [3.63, 3.8) is 0 Å². The van der Waals surface area contributed by atoms with Gasteiger partial charge in [0.25, 0.3) is 0 Å². The summed E-state index contributed by atoms with van der Waals surface area (Å²) in [6.45, 7) is 0.909. The lowest BCUT2D eigenvalue weighted by Crippen LogP contribution is -2.47. The van der Waals surface area contributed by atoms with E-state index in [-0.39, 0.29) is 12.1 Å². The molecular weight excluding hydrogens is 312 g/mol. The Kier molecular flexibility index (Phi) is 3.62. The number of piperidine rings is 1. The van der Waals surface area contributed by atoms with Crippen molar-refractivity contribution in [2.45, 2.75) is 24.9 Å². The number of fused-ring (bicyclic) bond motifs is 5. The maximum atomic E-state index is 11.1. The second kappa shape index (κ2) is 5.78. The molecule has 5 heteroatoms. The van der Waals surface area contributed by atoms with Crippen LogP contribution in [0.3, 0.4) is 0 Å². The van der Waals surface area contributed by atoms with Crippen molar-refractivity contribution in [2.75, 3.05) is 11.4 Å². The van der Waals surface area contributed by atoms with Crippen LogP contribution in [0, 0.1) is 0 Å². The highest BCUT2D eigenvalue weighted by molar-refractivity contribution is 6.31. The molecule has 2 aliphatic rings. The molecule has 2 heterocycles. The molecule has 1 amide bonds. The summed E-state index contributed by atoms with van der Waals surface area (Å²) < 4.78 is 6.16. The van der Waals surface area contributed by atoms with E-state index in [0.29, 0.717) is 5.02 Å². The Morgan fingerprint density at radius 2 is 2.09 bits per heavy atom. The van der Waals surface area contributed by atoms with Crippen LogP contribution in [0.2, 0.25) is 5.02 Å². The predicted octanol–water partition coefficient (Wildman–Crippen LogP) is 3.90.